The topological polar surface area (TPSA) is 102 Å². The molecule has 0 saturated carbocycles. The highest BCUT2D eigenvalue weighted by molar-refractivity contribution is 6.04. The Morgan fingerprint density at radius 1 is 1.37 bits per heavy atom. The number of anilines is 2. The van der Waals surface area contributed by atoms with Gasteiger partial charge in [0.2, 0.25) is 5.91 Å². The molecule has 1 aliphatic rings. The summed E-state index contributed by atoms with van der Waals surface area (Å²) in [4.78, 5) is 36.0. The Kier molecular flexibility index (Phi) is 5.02. The molecule has 2 amide bonds. The highest BCUT2D eigenvalue weighted by Crippen LogP contribution is 2.31. The number of amides is 2. The fraction of sp³-hybridized carbons (Fsp3) is 0.222. The van der Waals surface area contributed by atoms with Crippen molar-refractivity contribution in [3.8, 4) is 5.75 Å². The average molecular weight is 373 g/mol. The van der Waals surface area contributed by atoms with Crippen molar-refractivity contribution in [2.75, 3.05) is 16.8 Å². The Morgan fingerprint density at radius 2 is 2.11 bits per heavy atom. The number of hydrogen-bond acceptors (Lipinski definition) is 5. The van der Waals surface area contributed by atoms with E-state index >= 15 is 0 Å². The molecule has 1 atom stereocenters. The average Bonchev–Trinajstić information content (AvgIpc) is 2.74. The van der Waals surface area contributed by atoms with Crippen LogP contribution in [-0.4, -0.2) is 29.4 Å². The van der Waals surface area contributed by atoms with E-state index in [9.17, 15) is 24.1 Å². The van der Waals surface area contributed by atoms with Crippen LogP contribution in [0, 0.1) is 15.9 Å². The Morgan fingerprint density at radius 3 is 2.81 bits per heavy atom. The first kappa shape index (κ1) is 18.3. The van der Waals surface area contributed by atoms with Gasteiger partial charge in [0.15, 0.2) is 18.2 Å². The summed E-state index contributed by atoms with van der Waals surface area (Å²) in [5.41, 5.74) is 0.612. The van der Waals surface area contributed by atoms with Crippen molar-refractivity contribution in [1.82, 2.24) is 0 Å². The minimum atomic E-state index is -0.932. The molecule has 1 N–H and O–H groups in total. The van der Waals surface area contributed by atoms with Gasteiger partial charge in [-0.05, 0) is 25.1 Å². The number of benzene rings is 2. The zero-order valence-electron chi connectivity index (χ0n) is 14.3. The summed E-state index contributed by atoms with van der Waals surface area (Å²) in [5, 5.41) is 13.4. The molecule has 9 heteroatoms. The molecule has 2 aromatic rings. The SMILES string of the molecule is C[C@H]1CC(=O)Nc2ccccc2N1C(=O)COc1ccc([N+](=O)[O-])cc1F. The zero-order valence-corrected chi connectivity index (χ0v) is 14.3. The predicted octanol–water partition coefficient (Wildman–Crippen LogP) is 2.88. The number of nitro groups is 1. The second kappa shape index (κ2) is 7.40. The smallest absolute Gasteiger partial charge is 0.272 e. The van der Waals surface area contributed by atoms with E-state index in [0.29, 0.717) is 11.4 Å². The van der Waals surface area contributed by atoms with Gasteiger partial charge in [0.1, 0.15) is 0 Å². The summed E-state index contributed by atoms with van der Waals surface area (Å²) in [7, 11) is 0. The molecule has 3 rings (SSSR count). The summed E-state index contributed by atoms with van der Waals surface area (Å²) in [6.45, 7) is 1.24. The van der Waals surface area contributed by atoms with E-state index < -0.39 is 35.0 Å². The minimum absolute atomic E-state index is 0.103. The molecule has 8 nitrogen and oxygen atoms in total. The molecule has 0 bridgehead atoms. The van der Waals surface area contributed by atoms with Crippen molar-refractivity contribution in [3.63, 3.8) is 0 Å². The lowest BCUT2D eigenvalue weighted by Gasteiger charge is -2.27. The lowest BCUT2D eigenvalue weighted by molar-refractivity contribution is -0.385. The minimum Gasteiger partial charge on any atom is -0.481 e. The number of hydrogen-bond donors (Lipinski definition) is 1. The van der Waals surface area contributed by atoms with Gasteiger partial charge in [0, 0.05) is 18.5 Å². The normalized spacial score (nSPS) is 16.1. The number of ether oxygens (including phenoxy) is 1. The third kappa shape index (κ3) is 3.86. The van der Waals surface area contributed by atoms with E-state index in [4.69, 9.17) is 4.74 Å². The first-order valence-electron chi connectivity index (χ1n) is 8.14. The summed E-state index contributed by atoms with van der Waals surface area (Å²) >= 11 is 0. The third-order valence-electron chi connectivity index (χ3n) is 4.11. The molecule has 0 radical (unpaired) electrons. The Hall–Kier alpha value is -3.49. The van der Waals surface area contributed by atoms with Gasteiger partial charge < -0.3 is 15.0 Å². The third-order valence-corrected chi connectivity index (χ3v) is 4.11. The number of nitrogens with one attached hydrogen (secondary N) is 1. The number of nitrogens with zero attached hydrogens (tertiary/aromatic N) is 2. The number of nitro benzene ring substituents is 1. The van der Waals surface area contributed by atoms with Gasteiger partial charge in [-0.3, -0.25) is 19.7 Å². The quantitative estimate of drug-likeness (QED) is 0.656. The summed E-state index contributed by atoms with van der Waals surface area (Å²) in [6.07, 6.45) is 0.103. The van der Waals surface area contributed by atoms with E-state index in [1.54, 1.807) is 31.2 Å². The van der Waals surface area contributed by atoms with Crippen LogP contribution < -0.4 is 15.0 Å². The monoisotopic (exact) mass is 373 g/mol. The molecule has 0 saturated heterocycles. The largest absolute Gasteiger partial charge is 0.481 e. The van der Waals surface area contributed by atoms with E-state index in [-0.39, 0.29) is 18.1 Å². The molecule has 0 spiro atoms. The maximum Gasteiger partial charge on any atom is 0.272 e. The van der Waals surface area contributed by atoms with Crippen LogP contribution in [0.3, 0.4) is 0 Å². The molecule has 0 aliphatic carbocycles. The van der Waals surface area contributed by atoms with Crippen molar-refractivity contribution in [2.24, 2.45) is 0 Å². The van der Waals surface area contributed by atoms with E-state index in [2.05, 4.69) is 5.32 Å². The first-order chi connectivity index (χ1) is 12.9. The zero-order chi connectivity index (χ0) is 19.6. The Bertz CT molecular complexity index is 918. The molecule has 0 unspecified atom stereocenters. The lowest BCUT2D eigenvalue weighted by atomic mass is 10.1. The molecule has 1 aliphatic heterocycles. The highest BCUT2D eigenvalue weighted by Gasteiger charge is 2.29. The van der Waals surface area contributed by atoms with Crippen molar-refractivity contribution < 1.29 is 23.6 Å². The van der Waals surface area contributed by atoms with Crippen molar-refractivity contribution in [2.45, 2.75) is 19.4 Å². The maximum atomic E-state index is 13.9. The van der Waals surface area contributed by atoms with E-state index in [0.717, 1.165) is 18.2 Å². The summed E-state index contributed by atoms with van der Waals surface area (Å²) < 4.78 is 19.1. The number of carbonyl (C=O) groups is 2. The summed E-state index contributed by atoms with van der Waals surface area (Å²) in [5.74, 6) is -1.88. The number of para-hydroxylation sites is 2. The van der Waals surface area contributed by atoms with Gasteiger partial charge in [0.05, 0.1) is 22.4 Å². The lowest BCUT2D eigenvalue weighted by Crippen LogP contribution is -2.41. The van der Waals surface area contributed by atoms with Crippen molar-refractivity contribution in [1.29, 1.82) is 0 Å². The second-order valence-electron chi connectivity index (χ2n) is 6.04. The standard InChI is InChI=1S/C18H16FN3O5/c1-11-8-17(23)20-14-4-2-3-5-15(14)21(11)18(24)10-27-16-7-6-12(22(25)26)9-13(16)19/h2-7,9,11H,8,10H2,1H3,(H,20,23)/t11-/m0/s1. The van der Waals surface area contributed by atoms with E-state index in [1.807, 2.05) is 0 Å². The molecule has 0 aromatic heterocycles. The van der Waals surface area contributed by atoms with Gasteiger partial charge >= 0.3 is 0 Å². The summed E-state index contributed by atoms with van der Waals surface area (Å²) in [6, 6.07) is 9.35. The molecular weight excluding hydrogens is 357 g/mol. The van der Waals surface area contributed by atoms with Crippen LogP contribution in [-0.2, 0) is 9.59 Å². The first-order valence-corrected chi connectivity index (χ1v) is 8.14. The number of non-ortho nitro benzene ring substituents is 1. The molecule has 27 heavy (non-hydrogen) atoms. The van der Waals surface area contributed by atoms with Gasteiger partial charge in [-0.15, -0.1) is 0 Å². The van der Waals surface area contributed by atoms with Gasteiger partial charge in [-0.1, -0.05) is 12.1 Å². The van der Waals surface area contributed by atoms with Crippen LogP contribution in [0.5, 0.6) is 5.75 Å². The predicted molar refractivity (Wildman–Crippen MR) is 95.2 cm³/mol. The van der Waals surface area contributed by atoms with Gasteiger partial charge in [-0.2, -0.15) is 0 Å². The van der Waals surface area contributed by atoms with E-state index in [1.165, 1.54) is 4.90 Å². The number of fused-ring (bicyclic) bond motifs is 1. The van der Waals surface area contributed by atoms with Crippen LogP contribution >= 0.6 is 0 Å². The fourth-order valence-corrected chi connectivity index (χ4v) is 2.90. The number of halogens is 1. The van der Waals surface area contributed by atoms with Crippen LogP contribution in [0.4, 0.5) is 21.5 Å². The molecule has 2 aromatic carbocycles. The molecule has 0 fully saturated rings. The molecular formula is C18H16FN3O5. The van der Waals surface area contributed by atoms with Crippen LogP contribution in [0.25, 0.3) is 0 Å². The fourth-order valence-electron chi connectivity index (χ4n) is 2.90. The number of rotatable bonds is 4. The maximum absolute atomic E-state index is 13.9. The Balaban J connectivity index is 1.79. The van der Waals surface area contributed by atoms with Crippen molar-refractivity contribution >= 4 is 28.9 Å². The number of carbonyl (C=O) groups excluding carboxylic acids is 2. The van der Waals surface area contributed by atoms with Crippen molar-refractivity contribution in [3.05, 3.63) is 58.4 Å². The van der Waals surface area contributed by atoms with Crippen LogP contribution in [0.2, 0.25) is 0 Å². The van der Waals surface area contributed by atoms with Crippen LogP contribution in [0.1, 0.15) is 13.3 Å². The van der Waals surface area contributed by atoms with Gasteiger partial charge in [-0.25, -0.2) is 4.39 Å². The van der Waals surface area contributed by atoms with Crippen LogP contribution in [0.15, 0.2) is 42.5 Å². The van der Waals surface area contributed by atoms with Gasteiger partial charge in [0.25, 0.3) is 11.6 Å². The Labute approximate surface area is 153 Å². The molecule has 1 heterocycles. The second-order valence-corrected chi connectivity index (χ2v) is 6.04. The highest BCUT2D eigenvalue weighted by atomic mass is 19.1. The molecule has 140 valence electrons.